The van der Waals surface area contributed by atoms with Gasteiger partial charge in [-0.15, -0.1) is 0 Å². The zero-order valence-electron chi connectivity index (χ0n) is 9.20. The third kappa shape index (κ3) is 2.12. The number of amides is 2. The number of primary amides is 1. The van der Waals surface area contributed by atoms with Gasteiger partial charge in [-0.1, -0.05) is 18.2 Å². The molecule has 1 aromatic carbocycles. The average molecular weight is 263 g/mol. The first-order valence-electron chi connectivity index (χ1n) is 5.04. The maximum Gasteiger partial charge on any atom is 0.299 e. The summed E-state index contributed by atoms with van der Waals surface area (Å²) in [7, 11) is 0. The van der Waals surface area contributed by atoms with Gasteiger partial charge in [0.2, 0.25) is 0 Å². The molecule has 0 spiro atoms. The number of hydrogen-bond acceptors (Lipinski definition) is 5. The summed E-state index contributed by atoms with van der Waals surface area (Å²) < 4.78 is 3.92. The van der Waals surface area contributed by atoms with Crippen molar-refractivity contribution in [2.45, 2.75) is 0 Å². The van der Waals surface area contributed by atoms with E-state index in [-0.39, 0.29) is 18.3 Å². The van der Waals surface area contributed by atoms with Crippen LogP contribution >= 0.6 is 11.9 Å². The SMILES string of the molecule is NC(=O)S/N=C1/c2ccccc2C(=O)N1CC=O. The highest BCUT2D eigenvalue weighted by atomic mass is 32.2. The van der Waals surface area contributed by atoms with E-state index in [2.05, 4.69) is 4.40 Å². The second-order valence-electron chi connectivity index (χ2n) is 3.45. The van der Waals surface area contributed by atoms with Crippen molar-refractivity contribution in [1.82, 2.24) is 4.90 Å². The van der Waals surface area contributed by atoms with Crippen LogP contribution in [0, 0.1) is 0 Å². The average Bonchev–Trinajstić information content (AvgIpc) is 2.62. The maximum absolute atomic E-state index is 12.0. The first kappa shape index (κ1) is 12.3. The largest absolute Gasteiger partial charge is 0.359 e. The van der Waals surface area contributed by atoms with Gasteiger partial charge < -0.3 is 10.5 Å². The van der Waals surface area contributed by atoms with Gasteiger partial charge in [-0.3, -0.25) is 14.5 Å². The number of amidine groups is 1. The van der Waals surface area contributed by atoms with Crippen molar-refractivity contribution in [3.8, 4) is 0 Å². The van der Waals surface area contributed by atoms with E-state index >= 15 is 0 Å². The monoisotopic (exact) mass is 263 g/mol. The summed E-state index contributed by atoms with van der Waals surface area (Å²) in [4.78, 5) is 34.5. The predicted molar refractivity (Wildman–Crippen MR) is 67.3 cm³/mol. The van der Waals surface area contributed by atoms with Crippen molar-refractivity contribution in [2.24, 2.45) is 10.1 Å². The molecule has 18 heavy (non-hydrogen) atoms. The fraction of sp³-hybridized carbons (Fsp3) is 0.0909. The molecule has 92 valence electrons. The molecular formula is C11H9N3O3S. The van der Waals surface area contributed by atoms with Gasteiger partial charge in [0, 0.05) is 5.56 Å². The van der Waals surface area contributed by atoms with Crippen LogP contribution < -0.4 is 5.73 Å². The van der Waals surface area contributed by atoms with Crippen molar-refractivity contribution < 1.29 is 14.4 Å². The van der Waals surface area contributed by atoms with Crippen molar-refractivity contribution in [3.05, 3.63) is 35.4 Å². The number of nitrogens with zero attached hydrogens (tertiary/aromatic N) is 2. The van der Waals surface area contributed by atoms with Crippen LogP contribution in [0.3, 0.4) is 0 Å². The van der Waals surface area contributed by atoms with E-state index in [4.69, 9.17) is 5.73 Å². The Morgan fingerprint density at radius 3 is 2.67 bits per heavy atom. The summed E-state index contributed by atoms with van der Waals surface area (Å²) in [5.41, 5.74) is 6.05. The van der Waals surface area contributed by atoms with Crippen molar-refractivity contribution in [3.63, 3.8) is 0 Å². The van der Waals surface area contributed by atoms with Gasteiger partial charge in [0.1, 0.15) is 6.29 Å². The third-order valence-corrected chi connectivity index (χ3v) is 2.82. The number of carbonyl (C=O) groups is 3. The molecule has 2 amide bonds. The Kier molecular flexibility index (Phi) is 3.42. The molecule has 6 nitrogen and oxygen atoms in total. The Morgan fingerprint density at radius 2 is 2.06 bits per heavy atom. The van der Waals surface area contributed by atoms with Crippen LogP contribution in [0.25, 0.3) is 0 Å². The van der Waals surface area contributed by atoms with Crippen molar-refractivity contribution >= 4 is 35.2 Å². The van der Waals surface area contributed by atoms with Crippen molar-refractivity contribution in [1.29, 1.82) is 0 Å². The highest BCUT2D eigenvalue weighted by Crippen LogP contribution is 2.24. The second-order valence-corrected chi connectivity index (χ2v) is 4.22. The van der Waals surface area contributed by atoms with Gasteiger partial charge in [0.25, 0.3) is 11.1 Å². The van der Waals surface area contributed by atoms with Crippen molar-refractivity contribution in [2.75, 3.05) is 6.54 Å². The maximum atomic E-state index is 12.0. The molecule has 0 unspecified atom stereocenters. The van der Waals surface area contributed by atoms with E-state index < -0.39 is 5.24 Å². The zero-order chi connectivity index (χ0) is 13.1. The summed E-state index contributed by atoms with van der Waals surface area (Å²) in [5, 5.41) is -0.676. The minimum absolute atomic E-state index is 0.105. The molecule has 0 saturated carbocycles. The first-order chi connectivity index (χ1) is 8.65. The molecule has 0 bridgehead atoms. The summed E-state index contributed by atoms with van der Waals surface area (Å²) in [6.45, 7) is -0.105. The lowest BCUT2D eigenvalue weighted by Crippen LogP contribution is -2.32. The topological polar surface area (TPSA) is 92.8 Å². The van der Waals surface area contributed by atoms with Gasteiger partial charge in [-0.25, -0.2) is 0 Å². The molecule has 1 heterocycles. The molecule has 2 N–H and O–H groups in total. The molecule has 1 aliphatic rings. The molecule has 0 saturated heterocycles. The van der Waals surface area contributed by atoms with Crippen LogP contribution in [0.4, 0.5) is 4.79 Å². The fourth-order valence-corrected chi connectivity index (χ4v) is 2.06. The predicted octanol–water partition coefficient (Wildman–Crippen LogP) is 0.815. The number of fused-ring (bicyclic) bond motifs is 1. The van der Waals surface area contributed by atoms with E-state index in [1.807, 2.05) is 0 Å². The van der Waals surface area contributed by atoms with E-state index in [0.29, 0.717) is 29.4 Å². The first-order valence-corrected chi connectivity index (χ1v) is 5.82. The molecule has 2 rings (SSSR count). The highest BCUT2D eigenvalue weighted by molar-refractivity contribution is 8.12. The standard InChI is InChI=1S/C11H9N3O3S/c12-11(17)18-13-9-7-3-1-2-4-8(7)10(16)14(9)5-6-15/h1-4,6H,5H2,(H2,12,17)/b13-9-. The smallest absolute Gasteiger partial charge is 0.299 e. The second kappa shape index (κ2) is 5.01. The fourth-order valence-electron chi connectivity index (χ4n) is 1.68. The number of hydrogen-bond donors (Lipinski definition) is 1. The molecule has 0 aromatic heterocycles. The van der Waals surface area contributed by atoms with Gasteiger partial charge in [-0.2, -0.15) is 4.40 Å². The van der Waals surface area contributed by atoms with Gasteiger partial charge in [0.05, 0.1) is 24.1 Å². The Balaban J connectivity index is 2.45. The summed E-state index contributed by atoms with van der Waals surface area (Å²) in [6.07, 6.45) is 0.605. The lowest BCUT2D eigenvalue weighted by molar-refractivity contribution is -0.107. The number of nitrogens with two attached hydrogens (primary N) is 1. The Bertz CT molecular complexity index is 556. The Morgan fingerprint density at radius 1 is 1.39 bits per heavy atom. The molecule has 7 heteroatoms. The minimum atomic E-state index is -0.676. The Labute approximate surface area is 107 Å². The summed E-state index contributed by atoms with van der Waals surface area (Å²) in [6, 6.07) is 6.83. The van der Waals surface area contributed by atoms with E-state index in [1.165, 1.54) is 4.90 Å². The van der Waals surface area contributed by atoms with Crippen LogP contribution in [0.2, 0.25) is 0 Å². The highest BCUT2D eigenvalue weighted by Gasteiger charge is 2.33. The summed E-state index contributed by atoms with van der Waals surface area (Å²) >= 11 is 0.541. The van der Waals surface area contributed by atoms with Crippen LogP contribution in [0.15, 0.2) is 28.7 Å². The van der Waals surface area contributed by atoms with Gasteiger partial charge in [-0.05, 0) is 6.07 Å². The normalized spacial score (nSPS) is 15.9. The lowest BCUT2D eigenvalue weighted by Gasteiger charge is -2.12. The van der Waals surface area contributed by atoms with Crippen LogP contribution in [0.1, 0.15) is 15.9 Å². The lowest BCUT2D eigenvalue weighted by atomic mass is 10.1. The van der Waals surface area contributed by atoms with Crippen LogP contribution in [0.5, 0.6) is 0 Å². The Hall–Kier alpha value is -2.15. The molecule has 1 aromatic rings. The molecular weight excluding hydrogens is 254 g/mol. The van der Waals surface area contributed by atoms with Crippen LogP contribution in [-0.2, 0) is 4.79 Å². The van der Waals surface area contributed by atoms with E-state index in [0.717, 1.165) is 0 Å². The number of benzene rings is 1. The van der Waals surface area contributed by atoms with Gasteiger partial charge in [0.15, 0.2) is 5.84 Å². The minimum Gasteiger partial charge on any atom is -0.359 e. The van der Waals surface area contributed by atoms with Gasteiger partial charge >= 0.3 is 0 Å². The molecule has 0 aliphatic carbocycles. The number of carbonyl (C=O) groups excluding carboxylic acids is 3. The molecule has 1 aliphatic heterocycles. The van der Waals surface area contributed by atoms with E-state index in [9.17, 15) is 14.4 Å². The number of aldehydes is 1. The molecule has 0 atom stereocenters. The summed E-state index contributed by atoms with van der Waals surface area (Å²) in [5.74, 6) is -0.0204. The molecule has 0 fully saturated rings. The quantitative estimate of drug-likeness (QED) is 0.645. The van der Waals surface area contributed by atoms with E-state index in [1.54, 1.807) is 24.3 Å². The number of rotatable bonds is 3. The zero-order valence-corrected chi connectivity index (χ0v) is 10.0. The van der Waals surface area contributed by atoms with Crippen LogP contribution in [-0.4, -0.2) is 34.7 Å². The molecule has 0 radical (unpaired) electrons. The third-order valence-electron chi connectivity index (χ3n) is 2.38.